The molecule has 0 spiro atoms. The fourth-order valence-electron chi connectivity index (χ4n) is 2.72. The molecule has 0 aliphatic carbocycles. The van der Waals surface area contributed by atoms with Crippen molar-refractivity contribution < 1.29 is 13.9 Å². The molecule has 1 N–H and O–H groups in total. The van der Waals surface area contributed by atoms with E-state index >= 15 is 0 Å². The summed E-state index contributed by atoms with van der Waals surface area (Å²) in [6.45, 7) is 2.48. The van der Waals surface area contributed by atoms with Gasteiger partial charge in [0.2, 0.25) is 5.91 Å². The van der Waals surface area contributed by atoms with Gasteiger partial charge in [0, 0.05) is 12.5 Å². The minimum absolute atomic E-state index is 0.0206. The highest BCUT2D eigenvalue weighted by Crippen LogP contribution is 2.14. The number of amides is 1. The van der Waals surface area contributed by atoms with E-state index in [0.717, 1.165) is 25.0 Å². The Morgan fingerprint density at radius 2 is 1.84 bits per heavy atom. The number of nitrogens with one attached hydrogen (secondary N) is 1. The van der Waals surface area contributed by atoms with Gasteiger partial charge in [0.25, 0.3) is 0 Å². The van der Waals surface area contributed by atoms with E-state index in [-0.39, 0.29) is 17.6 Å². The Labute approximate surface area is 149 Å². The predicted octanol–water partition coefficient (Wildman–Crippen LogP) is 4.15. The van der Waals surface area contributed by atoms with Gasteiger partial charge in [-0.05, 0) is 55.0 Å². The van der Waals surface area contributed by atoms with Crippen LogP contribution in [-0.4, -0.2) is 19.6 Å². The van der Waals surface area contributed by atoms with Crippen molar-refractivity contribution in [3.8, 4) is 5.75 Å². The maximum atomic E-state index is 13.6. The van der Waals surface area contributed by atoms with Crippen LogP contribution in [0.4, 0.5) is 4.39 Å². The summed E-state index contributed by atoms with van der Waals surface area (Å²) in [5, 5.41) is 2.95. The molecule has 0 bridgehead atoms. The lowest BCUT2D eigenvalue weighted by Gasteiger charge is -2.13. The Morgan fingerprint density at radius 1 is 1.12 bits per heavy atom. The van der Waals surface area contributed by atoms with E-state index in [1.807, 2.05) is 19.1 Å². The van der Waals surface area contributed by atoms with Crippen LogP contribution in [-0.2, 0) is 17.6 Å². The van der Waals surface area contributed by atoms with Crippen molar-refractivity contribution in [2.75, 3.05) is 13.7 Å². The fourth-order valence-corrected chi connectivity index (χ4v) is 2.72. The first-order chi connectivity index (χ1) is 12.1. The molecular weight excluding hydrogens is 317 g/mol. The largest absolute Gasteiger partial charge is 0.497 e. The summed E-state index contributed by atoms with van der Waals surface area (Å²) < 4.78 is 18.8. The van der Waals surface area contributed by atoms with Crippen LogP contribution in [0.1, 0.15) is 30.9 Å². The zero-order valence-corrected chi connectivity index (χ0v) is 14.9. The molecule has 0 aliphatic heterocycles. The molecule has 2 rings (SSSR count). The highest BCUT2D eigenvalue weighted by Gasteiger charge is 2.14. The molecule has 0 aromatic heterocycles. The van der Waals surface area contributed by atoms with Crippen LogP contribution in [0.3, 0.4) is 0 Å². The van der Waals surface area contributed by atoms with Gasteiger partial charge in [-0.2, -0.15) is 0 Å². The second-order valence-electron chi connectivity index (χ2n) is 6.29. The molecule has 1 amide bonds. The molecule has 0 heterocycles. The predicted molar refractivity (Wildman–Crippen MR) is 98.2 cm³/mol. The van der Waals surface area contributed by atoms with Gasteiger partial charge in [-0.25, -0.2) is 4.39 Å². The van der Waals surface area contributed by atoms with Gasteiger partial charge in [0.1, 0.15) is 11.6 Å². The first kappa shape index (κ1) is 19.0. The number of rotatable bonds is 9. The van der Waals surface area contributed by atoms with E-state index in [1.165, 1.54) is 11.6 Å². The van der Waals surface area contributed by atoms with Gasteiger partial charge in [0.05, 0.1) is 7.11 Å². The lowest BCUT2D eigenvalue weighted by Crippen LogP contribution is -2.31. The maximum absolute atomic E-state index is 13.6. The van der Waals surface area contributed by atoms with E-state index in [1.54, 1.807) is 25.3 Å². The quantitative estimate of drug-likeness (QED) is 0.695. The summed E-state index contributed by atoms with van der Waals surface area (Å²) in [5.74, 6) is 0.354. The average Bonchev–Trinajstić information content (AvgIpc) is 2.63. The highest BCUT2D eigenvalue weighted by atomic mass is 19.1. The molecular formula is C21H26FNO2. The van der Waals surface area contributed by atoms with E-state index in [2.05, 4.69) is 17.4 Å². The molecule has 0 saturated carbocycles. The number of carbonyl (C=O) groups excluding carboxylic acids is 1. The standard InChI is InChI=1S/C21H26FNO2/c1-16(15-18-8-3-4-9-20(18)22)21(24)23-14-6-5-7-17-10-12-19(25-2)13-11-17/h3-4,8-13,16H,5-7,14-15H2,1-2H3,(H,23,24). The maximum Gasteiger partial charge on any atom is 0.223 e. The Balaban J connectivity index is 1.65. The summed E-state index contributed by atoms with van der Waals surface area (Å²) in [6.07, 6.45) is 3.33. The van der Waals surface area contributed by atoms with Gasteiger partial charge < -0.3 is 10.1 Å². The monoisotopic (exact) mass is 343 g/mol. The molecule has 0 saturated heterocycles. The van der Waals surface area contributed by atoms with Crippen molar-refractivity contribution in [2.45, 2.75) is 32.6 Å². The molecule has 0 fully saturated rings. The topological polar surface area (TPSA) is 38.3 Å². The van der Waals surface area contributed by atoms with Crippen molar-refractivity contribution >= 4 is 5.91 Å². The second-order valence-corrected chi connectivity index (χ2v) is 6.29. The Bertz CT molecular complexity index is 670. The van der Waals surface area contributed by atoms with Crippen molar-refractivity contribution in [1.29, 1.82) is 0 Å². The smallest absolute Gasteiger partial charge is 0.223 e. The van der Waals surface area contributed by atoms with Crippen LogP contribution < -0.4 is 10.1 Å². The average molecular weight is 343 g/mol. The van der Waals surface area contributed by atoms with E-state index in [0.29, 0.717) is 18.5 Å². The summed E-state index contributed by atoms with van der Waals surface area (Å²) in [6, 6.07) is 14.7. The molecule has 134 valence electrons. The van der Waals surface area contributed by atoms with Crippen LogP contribution in [0.15, 0.2) is 48.5 Å². The van der Waals surface area contributed by atoms with Crippen molar-refractivity contribution in [3.63, 3.8) is 0 Å². The van der Waals surface area contributed by atoms with Crippen molar-refractivity contribution in [2.24, 2.45) is 5.92 Å². The number of unbranched alkanes of at least 4 members (excludes halogenated alkanes) is 1. The summed E-state index contributed by atoms with van der Waals surface area (Å²) in [7, 11) is 1.66. The number of aryl methyl sites for hydroxylation is 1. The normalized spacial score (nSPS) is 11.8. The third-order valence-corrected chi connectivity index (χ3v) is 4.28. The molecule has 25 heavy (non-hydrogen) atoms. The lowest BCUT2D eigenvalue weighted by atomic mass is 10.00. The van der Waals surface area contributed by atoms with E-state index in [9.17, 15) is 9.18 Å². The molecule has 2 aromatic carbocycles. The van der Waals surface area contributed by atoms with E-state index < -0.39 is 0 Å². The van der Waals surface area contributed by atoms with Gasteiger partial charge in [-0.15, -0.1) is 0 Å². The summed E-state index contributed by atoms with van der Waals surface area (Å²) in [4.78, 5) is 12.1. The number of halogens is 1. The number of carbonyl (C=O) groups is 1. The minimum atomic E-state index is -0.248. The molecule has 0 radical (unpaired) electrons. The third kappa shape index (κ3) is 6.22. The summed E-state index contributed by atoms with van der Waals surface area (Å²) in [5.41, 5.74) is 1.85. The van der Waals surface area contributed by atoms with Gasteiger partial charge in [0.15, 0.2) is 0 Å². The van der Waals surface area contributed by atoms with Crippen LogP contribution in [0, 0.1) is 11.7 Å². The Kier molecular flexibility index (Phi) is 7.45. The second kappa shape index (κ2) is 9.82. The molecule has 1 atom stereocenters. The number of benzene rings is 2. The number of methoxy groups -OCH3 is 1. The van der Waals surface area contributed by atoms with Crippen LogP contribution in [0.5, 0.6) is 5.75 Å². The minimum Gasteiger partial charge on any atom is -0.497 e. The fraction of sp³-hybridized carbons (Fsp3) is 0.381. The molecule has 2 aromatic rings. The SMILES string of the molecule is COc1ccc(CCCCNC(=O)C(C)Cc2ccccc2F)cc1. The van der Waals surface area contributed by atoms with Crippen LogP contribution >= 0.6 is 0 Å². The van der Waals surface area contributed by atoms with Crippen LogP contribution in [0.2, 0.25) is 0 Å². The molecule has 1 unspecified atom stereocenters. The molecule has 0 aliphatic rings. The van der Waals surface area contributed by atoms with Gasteiger partial charge >= 0.3 is 0 Å². The lowest BCUT2D eigenvalue weighted by molar-refractivity contribution is -0.124. The van der Waals surface area contributed by atoms with Crippen molar-refractivity contribution in [1.82, 2.24) is 5.32 Å². The number of hydrogen-bond acceptors (Lipinski definition) is 2. The zero-order chi connectivity index (χ0) is 18.1. The van der Waals surface area contributed by atoms with E-state index in [4.69, 9.17) is 4.74 Å². The highest BCUT2D eigenvalue weighted by molar-refractivity contribution is 5.78. The molecule has 4 heteroatoms. The first-order valence-corrected chi connectivity index (χ1v) is 8.74. The molecule has 3 nitrogen and oxygen atoms in total. The Hall–Kier alpha value is -2.36. The Morgan fingerprint density at radius 3 is 2.52 bits per heavy atom. The van der Waals surface area contributed by atoms with Gasteiger partial charge in [-0.3, -0.25) is 4.79 Å². The number of hydrogen-bond donors (Lipinski definition) is 1. The van der Waals surface area contributed by atoms with Crippen LogP contribution in [0.25, 0.3) is 0 Å². The van der Waals surface area contributed by atoms with Crippen molar-refractivity contribution in [3.05, 3.63) is 65.5 Å². The van der Waals surface area contributed by atoms with Gasteiger partial charge in [-0.1, -0.05) is 37.3 Å². The third-order valence-electron chi connectivity index (χ3n) is 4.28. The first-order valence-electron chi connectivity index (χ1n) is 8.74. The summed E-state index contributed by atoms with van der Waals surface area (Å²) >= 11 is 0. The number of ether oxygens (including phenoxy) is 1. The zero-order valence-electron chi connectivity index (χ0n) is 14.9.